The first-order valence-corrected chi connectivity index (χ1v) is 10.8. The van der Waals surface area contributed by atoms with Crippen LogP contribution < -0.4 is 15.5 Å². The van der Waals surface area contributed by atoms with E-state index in [2.05, 4.69) is 43.6 Å². The van der Waals surface area contributed by atoms with Crippen LogP contribution >= 0.6 is 35.5 Å². The Kier molecular flexibility index (Phi) is 9.76. The van der Waals surface area contributed by atoms with Gasteiger partial charge in [-0.3, -0.25) is 4.79 Å². The van der Waals surface area contributed by atoms with Crippen molar-refractivity contribution in [3.05, 3.63) is 41.2 Å². The molecule has 0 aliphatic carbocycles. The molecule has 0 radical (unpaired) electrons. The maximum absolute atomic E-state index is 11.8. The molecule has 1 amide bonds. The molecule has 0 unspecified atom stereocenters. The van der Waals surface area contributed by atoms with E-state index in [1.165, 1.54) is 11.5 Å². The van der Waals surface area contributed by atoms with Gasteiger partial charge in [0.15, 0.2) is 5.96 Å². The first kappa shape index (κ1) is 24.3. The molecule has 1 aliphatic rings. The monoisotopic (exact) mass is 543 g/mol. The van der Waals surface area contributed by atoms with Crippen molar-refractivity contribution in [3.63, 3.8) is 0 Å². The van der Waals surface area contributed by atoms with E-state index in [0.29, 0.717) is 12.1 Å². The van der Waals surface area contributed by atoms with E-state index in [0.717, 1.165) is 61.6 Å². The molecule has 30 heavy (non-hydrogen) atoms. The zero-order chi connectivity index (χ0) is 20.6. The zero-order valence-electron chi connectivity index (χ0n) is 17.7. The fraction of sp³-hybridized carbons (Fsp3) is 0.500. The number of hydrogen-bond acceptors (Lipinski definition) is 6. The molecule has 1 aromatic heterocycles. The smallest absolute Gasteiger partial charge is 0.251 e. The normalized spacial score (nSPS) is 14.3. The molecule has 2 heterocycles. The number of amides is 1. The highest BCUT2D eigenvalue weighted by Crippen LogP contribution is 2.19. The van der Waals surface area contributed by atoms with Crippen LogP contribution in [0, 0.1) is 0 Å². The van der Waals surface area contributed by atoms with Crippen molar-refractivity contribution >= 4 is 52.5 Å². The van der Waals surface area contributed by atoms with Gasteiger partial charge in [-0.05, 0) is 24.6 Å². The van der Waals surface area contributed by atoms with Crippen LogP contribution in [0.5, 0.6) is 0 Å². The molecule has 1 saturated heterocycles. The molecule has 1 fully saturated rings. The van der Waals surface area contributed by atoms with Gasteiger partial charge in [0, 0.05) is 63.3 Å². The molecule has 1 aromatic carbocycles. The van der Waals surface area contributed by atoms with Gasteiger partial charge in [0.05, 0.1) is 6.54 Å². The van der Waals surface area contributed by atoms with E-state index >= 15 is 0 Å². The topological polar surface area (TPSA) is 85.8 Å². The number of guanidine groups is 1. The number of hydrogen-bond donors (Lipinski definition) is 2. The van der Waals surface area contributed by atoms with Crippen LogP contribution in [0.25, 0.3) is 0 Å². The highest BCUT2D eigenvalue weighted by atomic mass is 127. The maximum Gasteiger partial charge on any atom is 0.251 e. The quantitative estimate of drug-likeness (QED) is 0.331. The van der Waals surface area contributed by atoms with Gasteiger partial charge in [-0.15, -0.1) is 24.0 Å². The SMILES string of the molecule is CCNC(=NCc1cccc(C(=O)NC)c1)N1CCN(c2nc(CC)ns2)CC1.I. The van der Waals surface area contributed by atoms with Crippen molar-refractivity contribution in [2.24, 2.45) is 4.99 Å². The summed E-state index contributed by atoms with van der Waals surface area (Å²) in [6.45, 7) is 9.05. The molecule has 164 valence electrons. The Morgan fingerprint density at radius 2 is 2.00 bits per heavy atom. The van der Waals surface area contributed by atoms with E-state index < -0.39 is 0 Å². The molecule has 10 heteroatoms. The average Bonchev–Trinajstić information content (AvgIpc) is 3.26. The van der Waals surface area contributed by atoms with Gasteiger partial charge in [-0.25, -0.2) is 9.98 Å². The van der Waals surface area contributed by atoms with Gasteiger partial charge < -0.3 is 20.4 Å². The minimum Gasteiger partial charge on any atom is -0.357 e. The Morgan fingerprint density at radius 3 is 2.63 bits per heavy atom. The molecule has 0 spiro atoms. The number of rotatable bonds is 6. The lowest BCUT2D eigenvalue weighted by Gasteiger charge is -2.36. The van der Waals surface area contributed by atoms with Gasteiger partial charge in [0.1, 0.15) is 5.82 Å². The predicted octanol–water partition coefficient (Wildman–Crippen LogP) is 2.37. The van der Waals surface area contributed by atoms with E-state index in [9.17, 15) is 4.79 Å². The van der Waals surface area contributed by atoms with Gasteiger partial charge in [0.2, 0.25) is 5.13 Å². The molecule has 0 saturated carbocycles. The van der Waals surface area contributed by atoms with Crippen LogP contribution in [0.1, 0.15) is 35.6 Å². The first-order valence-electron chi connectivity index (χ1n) is 10.1. The second kappa shape index (κ2) is 12.0. The predicted molar refractivity (Wildman–Crippen MR) is 133 cm³/mol. The third-order valence-electron chi connectivity index (χ3n) is 4.79. The molecule has 3 rings (SSSR count). The number of benzene rings is 1. The minimum absolute atomic E-state index is 0. The van der Waals surface area contributed by atoms with Crippen molar-refractivity contribution in [3.8, 4) is 0 Å². The third kappa shape index (κ3) is 6.27. The van der Waals surface area contributed by atoms with E-state index in [1.807, 2.05) is 24.3 Å². The van der Waals surface area contributed by atoms with Gasteiger partial charge >= 0.3 is 0 Å². The van der Waals surface area contributed by atoms with E-state index in [-0.39, 0.29) is 29.9 Å². The number of aliphatic imine (C=N–C) groups is 1. The summed E-state index contributed by atoms with van der Waals surface area (Å²) in [7, 11) is 1.64. The number of carbonyl (C=O) groups excluding carboxylic acids is 1. The maximum atomic E-state index is 11.8. The average molecular weight is 543 g/mol. The Hall–Kier alpha value is -1.95. The standard InChI is InChI=1S/C20H29N7OS.HI/c1-4-17-24-20(29-25-17)27-11-9-26(10-12-27)19(22-5-2)23-14-15-7-6-8-16(13-15)18(28)21-3;/h6-8,13H,4-5,9-12,14H2,1-3H3,(H,21,28)(H,22,23);1H. The van der Waals surface area contributed by atoms with Gasteiger partial charge in [-0.1, -0.05) is 19.1 Å². The molecule has 0 atom stereocenters. The van der Waals surface area contributed by atoms with Crippen LogP contribution in [0.4, 0.5) is 5.13 Å². The number of piperazine rings is 1. The molecular formula is C20H30IN7OS. The number of halogens is 1. The molecule has 1 aliphatic heterocycles. The van der Waals surface area contributed by atoms with Crippen molar-refractivity contribution in [1.82, 2.24) is 24.9 Å². The molecule has 2 N–H and O–H groups in total. The van der Waals surface area contributed by atoms with E-state index in [1.54, 1.807) is 7.05 Å². The molecule has 8 nitrogen and oxygen atoms in total. The summed E-state index contributed by atoms with van der Waals surface area (Å²) in [4.78, 5) is 25.8. The zero-order valence-corrected chi connectivity index (χ0v) is 20.9. The van der Waals surface area contributed by atoms with Gasteiger partial charge in [0.25, 0.3) is 5.91 Å². The summed E-state index contributed by atoms with van der Waals surface area (Å²) >= 11 is 1.48. The Bertz CT molecular complexity index is 849. The fourth-order valence-corrected chi connectivity index (χ4v) is 3.97. The van der Waals surface area contributed by atoms with Crippen LogP contribution in [-0.2, 0) is 13.0 Å². The van der Waals surface area contributed by atoms with Crippen molar-refractivity contribution < 1.29 is 4.79 Å². The lowest BCUT2D eigenvalue weighted by Crippen LogP contribution is -2.52. The summed E-state index contributed by atoms with van der Waals surface area (Å²) in [5.74, 6) is 1.74. The number of nitrogens with one attached hydrogen (secondary N) is 2. The van der Waals surface area contributed by atoms with E-state index in [4.69, 9.17) is 4.99 Å². The fourth-order valence-electron chi connectivity index (χ4n) is 3.17. The summed E-state index contributed by atoms with van der Waals surface area (Å²) in [6, 6.07) is 7.60. The molecule has 0 bridgehead atoms. The number of carbonyl (C=O) groups is 1. The third-order valence-corrected chi connectivity index (χ3v) is 5.60. The first-order chi connectivity index (χ1) is 14.1. The van der Waals surface area contributed by atoms with Crippen LogP contribution in [0.15, 0.2) is 29.3 Å². The molecule has 2 aromatic rings. The summed E-state index contributed by atoms with van der Waals surface area (Å²) < 4.78 is 4.39. The van der Waals surface area contributed by atoms with Crippen molar-refractivity contribution in [2.45, 2.75) is 26.8 Å². The molecular weight excluding hydrogens is 513 g/mol. The Balaban J connectivity index is 0.00000320. The van der Waals surface area contributed by atoms with Crippen LogP contribution in [-0.4, -0.2) is 65.9 Å². The lowest BCUT2D eigenvalue weighted by atomic mass is 10.1. The van der Waals surface area contributed by atoms with Crippen molar-refractivity contribution in [2.75, 3.05) is 44.7 Å². The van der Waals surface area contributed by atoms with Crippen LogP contribution in [0.3, 0.4) is 0 Å². The number of aromatic nitrogens is 2. The Morgan fingerprint density at radius 1 is 1.23 bits per heavy atom. The highest BCUT2D eigenvalue weighted by Gasteiger charge is 2.22. The van der Waals surface area contributed by atoms with Gasteiger partial charge in [-0.2, -0.15) is 4.37 Å². The number of aryl methyl sites for hydroxylation is 1. The second-order valence-electron chi connectivity index (χ2n) is 6.77. The largest absolute Gasteiger partial charge is 0.357 e. The highest BCUT2D eigenvalue weighted by molar-refractivity contribution is 14.0. The van der Waals surface area contributed by atoms with Crippen molar-refractivity contribution in [1.29, 1.82) is 0 Å². The summed E-state index contributed by atoms with van der Waals surface area (Å²) in [5.41, 5.74) is 1.67. The second-order valence-corrected chi connectivity index (χ2v) is 7.50. The summed E-state index contributed by atoms with van der Waals surface area (Å²) in [6.07, 6.45) is 0.870. The minimum atomic E-state index is -0.0817. The van der Waals surface area contributed by atoms with Crippen LogP contribution in [0.2, 0.25) is 0 Å². The lowest BCUT2D eigenvalue weighted by molar-refractivity contribution is 0.0963. The Labute approximate surface area is 199 Å². The summed E-state index contributed by atoms with van der Waals surface area (Å²) in [5, 5.41) is 7.06. The number of nitrogens with zero attached hydrogens (tertiary/aromatic N) is 5. The number of anilines is 1.